The highest BCUT2D eigenvalue weighted by Crippen LogP contribution is 2.17. The first-order chi connectivity index (χ1) is 7.74. The summed E-state index contributed by atoms with van der Waals surface area (Å²) in [5, 5.41) is 3.09. The van der Waals surface area contributed by atoms with Gasteiger partial charge >= 0.3 is 6.03 Å². The first-order valence-electron chi connectivity index (χ1n) is 6.24. The average Bonchev–Trinajstić information content (AvgIpc) is 2.30. The monoisotopic (exact) mass is 228 g/mol. The van der Waals surface area contributed by atoms with Crippen LogP contribution in [0.1, 0.15) is 38.5 Å². The van der Waals surface area contributed by atoms with E-state index in [0.717, 1.165) is 25.8 Å². The van der Waals surface area contributed by atoms with Gasteiger partial charge in [-0.15, -0.1) is 0 Å². The number of rotatable bonds is 5. The second kappa shape index (κ2) is 7.49. The highest BCUT2D eigenvalue weighted by atomic mass is 16.5. The summed E-state index contributed by atoms with van der Waals surface area (Å²) < 4.78 is 4.96. The second-order valence-corrected chi connectivity index (χ2v) is 4.55. The smallest absolute Gasteiger partial charge is 0.317 e. The maximum Gasteiger partial charge on any atom is 0.317 e. The number of methoxy groups -OCH3 is 1. The first kappa shape index (κ1) is 13.3. The Hall–Kier alpha value is -0.770. The molecule has 4 heteroatoms. The van der Waals surface area contributed by atoms with Crippen molar-refractivity contribution in [1.29, 1.82) is 0 Å². The van der Waals surface area contributed by atoms with E-state index in [-0.39, 0.29) is 6.03 Å². The summed E-state index contributed by atoms with van der Waals surface area (Å²) in [5.41, 5.74) is 0. The van der Waals surface area contributed by atoms with Crippen molar-refractivity contribution in [2.45, 2.75) is 44.6 Å². The lowest BCUT2D eigenvalue weighted by Crippen LogP contribution is -2.44. The van der Waals surface area contributed by atoms with Crippen LogP contribution < -0.4 is 5.32 Å². The molecule has 0 aromatic heterocycles. The zero-order valence-electron chi connectivity index (χ0n) is 10.5. The molecule has 0 saturated heterocycles. The fraction of sp³-hybridized carbons (Fsp3) is 0.917. The molecule has 0 atom stereocenters. The number of carbonyl (C=O) groups excluding carboxylic acids is 1. The molecule has 0 spiro atoms. The van der Waals surface area contributed by atoms with Crippen LogP contribution in [0.5, 0.6) is 0 Å². The van der Waals surface area contributed by atoms with Gasteiger partial charge in [-0.05, 0) is 19.3 Å². The summed E-state index contributed by atoms with van der Waals surface area (Å²) in [5.74, 6) is 0. The van der Waals surface area contributed by atoms with E-state index in [1.54, 1.807) is 12.0 Å². The van der Waals surface area contributed by atoms with E-state index in [2.05, 4.69) is 5.32 Å². The minimum atomic E-state index is 0.0583. The Balaban J connectivity index is 2.16. The van der Waals surface area contributed by atoms with Gasteiger partial charge in [0.15, 0.2) is 0 Å². The molecule has 94 valence electrons. The average molecular weight is 228 g/mol. The molecule has 0 aromatic rings. The number of ether oxygens (including phenoxy) is 1. The molecule has 1 saturated carbocycles. The molecule has 1 rings (SSSR count). The van der Waals surface area contributed by atoms with Crippen molar-refractivity contribution >= 4 is 6.03 Å². The third-order valence-corrected chi connectivity index (χ3v) is 3.12. The van der Waals surface area contributed by atoms with Gasteiger partial charge < -0.3 is 15.0 Å². The predicted octanol–water partition coefficient (Wildman–Crippen LogP) is 2.00. The van der Waals surface area contributed by atoms with Gasteiger partial charge in [0.25, 0.3) is 0 Å². The summed E-state index contributed by atoms with van der Waals surface area (Å²) >= 11 is 0. The van der Waals surface area contributed by atoms with Crippen LogP contribution >= 0.6 is 0 Å². The molecule has 0 unspecified atom stereocenters. The van der Waals surface area contributed by atoms with Crippen molar-refractivity contribution in [3.05, 3.63) is 0 Å². The van der Waals surface area contributed by atoms with Crippen molar-refractivity contribution in [1.82, 2.24) is 10.2 Å². The third kappa shape index (κ3) is 4.84. The molecule has 2 amide bonds. The first-order valence-corrected chi connectivity index (χ1v) is 6.24. The Bertz CT molecular complexity index is 203. The number of nitrogens with zero attached hydrogens (tertiary/aromatic N) is 1. The lowest BCUT2D eigenvalue weighted by molar-refractivity contribution is 0.173. The van der Waals surface area contributed by atoms with Gasteiger partial charge in [-0.3, -0.25) is 0 Å². The van der Waals surface area contributed by atoms with Crippen molar-refractivity contribution < 1.29 is 9.53 Å². The normalized spacial score (nSPS) is 17.1. The predicted molar refractivity (Wildman–Crippen MR) is 64.5 cm³/mol. The number of urea groups is 1. The van der Waals surface area contributed by atoms with Gasteiger partial charge in [0.1, 0.15) is 0 Å². The molecule has 1 aliphatic rings. The maximum atomic E-state index is 11.8. The topological polar surface area (TPSA) is 41.6 Å². The summed E-state index contributed by atoms with van der Waals surface area (Å²) in [7, 11) is 3.52. The summed E-state index contributed by atoms with van der Waals surface area (Å²) in [6.07, 6.45) is 6.98. The Morgan fingerprint density at radius 1 is 1.38 bits per heavy atom. The Morgan fingerprint density at radius 3 is 2.69 bits per heavy atom. The van der Waals surface area contributed by atoms with E-state index in [4.69, 9.17) is 4.74 Å². The van der Waals surface area contributed by atoms with Crippen LogP contribution in [0.25, 0.3) is 0 Å². The lowest BCUT2D eigenvalue weighted by atomic mass is 9.96. The third-order valence-electron chi connectivity index (χ3n) is 3.12. The summed E-state index contributed by atoms with van der Waals surface area (Å²) in [6.45, 7) is 1.47. The molecule has 4 nitrogen and oxygen atoms in total. The largest absolute Gasteiger partial charge is 0.385 e. The van der Waals surface area contributed by atoms with Crippen LogP contribution in [0.15, 0.2) is 0 Å². The fourth-order valence-electron chi connectivity index (χ4n) is 2.08. The van der Waals surface area contributed by atoms with Crippen LogP contribution in [0.2, 0.25) is 0 Å². The van der Waals surface area contributed by atoms with Crippen molar-refractivity contribution in [2.75, 3.05) is 27.3 Å². The van der Waals surface area contributed by atoms with Crippen LogP contribution in [-0.2, 0) is 4.74 Å². The van der Waals surface area contributed by atoms with Gasteiger partial charge in [-0.2, -0.15) is 0 Å². The Kier molecular flexibility index (Phi) is 6.23. The number of carbonyl (C=O) groups is 1. The SMILES string of the molecule is COCCCN(C)C(=O)NC1CCCCC1. The van der Waals surface area contributed by atoms with E-state index in [1.165, 1.54) is 19.3 Å². The van der Waals surface area contributed by atoms with E-state index < -0.39 is 0 Å². The minimum Gasteiger partial charge on any atom is -0.385 e. The van der Waals surface area contributed by atoms with E-state index in [0.29, 0.717) is 12.6 Å². The maximum absolute atomic E-state index is 11.8. The zero-order valence-corrected chi connectivity index (χ0v) is 10.5. The molecule has 1 aliphatic carbocycles. The number of amides is 2. The highest BCUT2D eigenvalue weighted by molar-refractivity contribution is 5.74. The van der Waals surface area contributed by atoms with E-state index in [9.17, 15) is 4.79 Å². The number of hydrogen-bond donors (Lipinski definition) is 1. The van der Waals surface area contributed by atoms with E-state index in [1.807, 2.05) is 7.05 Å². The van der Waals surface area contributed by atoms with Crippen molar-refractivity contribution in [2.24, 2.45) is 0 Å². The quantitative estimate of drug-likeness (QED) is 0.731. The molecular weight excluding hydrogens is 204 g/mol. The molecular formula is C12H24N2O2. The number of hydrogen-bond acceptors (Lipinski definition) is 2. The van der Waals surface area contributed by atoms with Crippen LogP contribution in [0.3, 0.4) is 0 Å². The molecule has 16 heavy (non-hydrogen) atoms. The van der Waals surface area contributed by atoms with Crippen LogP contribution in [0, 0.1) is 0 Å². The Morgan fingerprint density at radius 2 is 2.06 bits per heavy atom. The van der Waals surface area contributed by atoms with Crippen LogP contribution in [0.4, 0.5) is 4.79 Å². The van der Waals surface area contributed by atoms with Crippen molar-refractivity contribution in [3.8, 4) is 0 Å². The minimum absolute atomic E-state index is 0.0583. The van der Waals surface area contributed by atoms with Gasteiger partial charge in [0.2, 0.25) is 0 Å². The molecule has 0 aliphatic heterocycles. The molecule has 1 fully saturated rings. The molecule has 0 bridgehead atoms. The molecule has 0 aromatic carbocycles. The Labute approximate surface area is 98.3 Å². The van der Waals surface area contributed by atoms with Gasteiger partial charge in [-0.25, -0.2) is 4.79 Å². The highest BCUT2D eigenvalue weighted by Gasteiger charge is 2.17. The molecule has 1 N–H and O–H groups in total. The molecule has 0 heterocycles. The van der Waals surface area contributed by atoms with Gasteiger partial charge in [0.05, 0.1) is 0 Å². The standard InChI is InChI=1S/C12H24N2O2/c1-14(9-6-10-16-2)12(15)13-11-7-4-3-5-8-11/h11H,3-10H2,1-2H3,(H,13,15). The zero-order chi connectivity index (χ0) is 11.8. The summed E-state index contributed by atoms with van der Waals surface area (Å²) in [6, 6.07) is 0.453. The van der Waals surface area contributed by atoms with Gasteiger partial charge in [0, 0.05) is 33.4 Å². The van der Waals surface area contributed by atoms with Gasteiger partial charge in [-0.1, -0.05) is 19.3 Å². The molecule has 0 radical (unpaired) electrons. The number of nitrogens with one attached hydrogen (secondary N) is 1. The fourth-order valence-corrected chi connectivity index (χ4v) is 2.08. The van der Waals surface area contributed by atoms with Crippen molar-refractivity contribution in [3.63, 3.8) is 0 Å². The lowest BCUT2D eigenvalue weighted by Gasteiger charge is -2.26. The van der Waals surface area contributed by atoms with E-state index >= 15 is 0 Å². The van der Waals surface area contributed by atoms with Crippen LogP contribution in [-0.4, -0.2) is 44.3 Å². The second-order valence-electron chi connectivity index (χ2n) is 4.55. The summed E-state index contributed by atoms with van der Waals surface area (Å²) in [4.78, 5) is 13.5.